The van der Waals surface area contributed by atoms with Crippen molar-refractivity contribution >= 4 is 5.78 Å². The molecule has 0 saturated carbocycles. The van der Waals surface area contributed by atoms with Crippen LogP contribution in [0.4, 0.5) is 43.9 Å². The van der Waals surface area contributed by atoms with Crippen molar-refractivity contribution in [3.63, 3.8) is 0 Å². The zero-order valence-electron chi connectivity index (χ0n) is 14.9. The number of hydrogen-bond acceptors (Lipinski definition) is 3. The topological polar surface area (TPSA) is 55.1 Å². The third kappa shape index (κ3) is 3.41. The molecule has 4 nitrogen and oxygen atoms in total. The second-order valence-corrected chi connectivity index (χ2v) is 5.89. The van der Waals surface area contributed by atoms with Crippen LogP contribution in [0, 0.1) is 65.1 Å². The first-order valence-electron chi connectivity index (χ1n) is 7.69. The Hall–Kier alpha value is -3.06. The SMILES string of the molecule is Cc1nn(-c2c(F)c(F)c(F)c(F)c2F)c(O)c1C(=O)c1c(F)c(F)c(F)c(F)c1F.[Mn]. The van der Waals surface area contributed by atoms with Gasteiger partial charge in [-0.15, -0.1) is 0 Å². The Morgan fingerprint density at radius 2 is 1.00 bits per heavy atom. The van der Waals surface area contributed by atoms with Crippen LogP contribution in [-0.4, -0.2) is 20.7 Å². The van der Waals surface area contributed by atoms with Gasteiger partial charge in [-0.3, -0.25) is 4.79 Å². The smallest absolute Gasteiger partial charge is 0.226 e. The van der Waals surface area contributed by atoms with Gasteiger partial charge in [0.1, 0.15) is 16.8 Å². The third-order valence-electron chi connectivity index (χ3n) is 4.10. The monoisotopic (exact) mass is 513 g/mol. The fourth-order valence-corrected chi connectivity index (χ4v) is 2.65. The largest absolute Gasteiger partial charge is 0.493 e. The van der Waals surface area contributed by atoms with E-state index in [1.807, 2.05) is 0 Å². The molecule has 1 heterocycles. The summed E-state index contributed by atoms with van der Waals surface area (Å²) in [5, 5.41) is 13.3. The number of aryl methyl sites for hydroxylation is 1. The van der Waals surface area contributed by atoms with E-state index in [4.69, 9.17) is 0 Å². The number of aromatic nitrogens is 2. The Morgan fingerprint density at radius 1 is 0.656 bits per heavy atom. The molecule has 0 aliphatic carbocycles. The molecule has 1 N–H and O–H groups in total. The number of aromatic hydroxyl groups is 1. The zero-order valence-corrected chi connectivity index (χ0v) is 16.1. The van der Waals surface area contributed by atoms with Gasteiger partial charge in [0.2, 0.25) is 23.3 Å². The molecule has 2 aromatic carbocycles. The summed E-state index contributed by atoms with van der Waals surface area (Å²) < 4.78 is 135. The van der Waals surface area contributed by atoms with E-state index in [0.717, 1.165) is 6.92 Å². The number of halogens is 10. The molecule has 0 bridgehead atoms. The minimum absolute atomic E-state index is 0. The molecule has 0 aliphatic rings. The van der Waals surface area contributed by atoms with E-state index in [2.05, 4.69) is 5.10 Å². The fourth-order valence-electron chi connectivity index (χ4n) is 2.65. The fraction of sp³-hybridized carbons (Fsp3) is 0.0588. The number of benzene rings is 2. The van der Waals surface area contributed by atoms with Crippen molar-refractivity contribution in [1.29, 1.82) is 0 Å². The van der Waals surface area contributed by atoms with Crippen LogP contribution in [0.3, 0.4) is 0 Å². The van der Waals surface area contributed by atoms with Gasteiger partial charge in [-0.25, -0.2) is 43.9 Å². The number of hydrogen-bond donors (Lipinski definition) is 1. The van der Waals surface area contributed by atoms with Crippen molar-refractivity contribution < 1.29 is 70.9 Å². The van der Waals surface area contributed by atoms with Gasteiger partial charge in [-0.05, 0) is 6.92 Å². The summed E-state index contributed by atoms with van der Waals surface area (Å²) in [5.41, 5.74) is -6.05. The maximum absolute atomic E-state index is 14.0. The number of carbonyl (C=O) groups excluding carboxylic acids is 1. The number of rotatable bonds is 3. The summed E-state index contributed by atoms with van der Waals surface area (Å²) in [6, 6.07) is 0. The average Bonchev–Trinajstić information content (AvgIpc) is 3.01. The van der Waals surface area contributed by atoms with Gasteiger partial charge in [-0.2, -0.15) is 9.78 Å². The molecule has 3 rings (SSSR count). The summed E-state index contributed by atoms with van der Waals surface area (Å²) >= 11 is 0. The molecule has 171 valence electrons. The molecule has 0 aliphatic heterocycles. The van der Waals surface area contributed by atoms with E-state index < -0.39 is 92.3 Å². The summed E-state index contributed by atoms with van der Waals surface area (Å²) in [4.78, 5) is 12.4. The molecule has 0 spiro atoms. The van der Waals surface area contributed by atoms with Crippen molar-refractivity contribution in [1.82, 2.24) is 9.78 Å². The van der Waals surface area contributed by atoms with Crippen molar-refractivity contribution in [2.45, 2.75) is 6.92 Å². The standard InChI is InChI=1S/C17H4F10N2O2.Mn/c1-2-3(16(30)4-5(18)7(20)9(22)8(21)6(4)19)17(31)29(28-2)15-13(26)11(24)10(23)12(25)14(15)27;/h31H,1H3;. The molecule has 1 aromatic heterocycles. The molecule has 0 saturated heterocycles. The average molecular weight is 513 g/mol. The number of nitrogens with zero attached hydrogens (tertiary/aromatic N) is 2. The molecule has 3 aromatic rings. The summed E-state index contributed by atoms with van der Waals surface area (Å²) in [6.45, 7) is 0.779. The first-order chi connectivity index (χ1) is 14.3. The van der Waals surface area contributed by atoms with Crippen molar-refractivity contribution in [2.24, 2.45) is 0 Å². The van der Waals surface area contributed by atoms with Crippen LogP contribution < -0.4 is 0 Å². The van der Waals surface area contributed by atoms with Gasteiger partial charge in [0.15, 0.2) is 46.5 Å². The Balaban J connectivity index is 0.00000363. The molecule has 32 heavy (non-hydrogen) atoms. The molecular formula is C17H4F10MnN2O2. The van der Waals surface area contributed by atoms with Crippen LogP contribution in [0.1, 0.15) is 21.6 Å². The van der Waals surface area contributed by atoms with Gasteiger partial charge in [0, 0.05) is 17.1 Å². The van der Waals surface area contributed by atoms with Crippen LogP contribution in [0.2, 0.25) is 0 Å². The summed E-state index contributed by atoms with van der Waals surface area (Å²) in [6.07, 6.45) is 0. The molecule has 0 unspecified atom stereocenters. The first kappa shape index (κ1) is 25.2. The maximum Gasteiger partial charge on any atom is 0.226 e. The predicted octanol–water partition coefficient (Wildman–Crippen LogP) is 4.51. The van der Waals surface area contributed by atoms with Crippen molar-refractivity contribution in [3.05, 3.63) is 75.0 Å². The summed E-state index contributed by atoms with van der Waals surface area (Å²) in [7, 11) is 0. The Morgan fingerprint density at radius 3 is 1.41 bits per heavy atom. The minimum atomic E-state index is -2.59. The molecule has 1 radical (unpaired) electrons. The van der Waals surface area contributed by atoms with E-state index in [9.17, 15) is 53.8 Å². The predicted molar refractivity (Wildman–Crippen MR) is 79.4 cm³/mol. The van der Waals surface area contributed by atoms with Crippen LogP contribution in [0.25, 0.3) is 5.69 Å². The Bertz CT molecular complexity index is 1230. The van der Waals surface area contributed by atoms with Gasteiger partial charge < -0.3 is 5.11 Å². The first-order valence-corrected chi connectivity index (χ1v) is 7.69. The van der Waals surface area contributed by atoms with E-state index in [1.165, 1.54) is 0 Å². The Kier molecular flexibility index (Phi) is 6.67. The van der Waals surface area contributed by atoms with Crippen molar-refractivity contribution in [2.75, 3.05) is 0 Å². The second kappa shape index (κ2) is 8.47. The van der Waals surface area contributed by atoms with Gasteiger partial charge in [0.05, 0.1) is 5.69 Å². The van der Waals surface area contributed by atoms with E-state index in [-0.39, 0.29) is 21.8 Å². The van der Waals surface area contributed by atoms with Gasteiger partial charge >= 0.3 is 0 Å². The van der Waals surface area contributed by atoms with E-state index >= 15 is 0 Å². The van der Waals surface area contributed by atoms with Crippen LogP contribution in [-0.2, 0) is 17.1 Å². The number of ketones is 1. The molecule has 0 fully saturated rings. The second-order valence-electron chi connectivity index (χ2n) is 5.89. The maximum atomic E-state index is 14.0. The zero-order chi connectivity index (χ0) is 23.5. The minimum Gasteiger partial charge on any atom is -0.493 e. The van der Waals surface area contributed by atoms with Crippen LogP contribution in [0.15, 0.2) is 0 Å². The van der Waals surface area contributed by atoms with E-state index in [1.54, 1.807) is 0 Å². The summed E-state index contributed by atoms with van der Waals surface area (Å²) in [5.74, 6) is -29.0. The molecule has 0 atom stereocenters. The molecular weight excluding hydrogens is 509 g/mol. The molecule has 15 heteroatoms. The van der Waals surface area contributed by atoms with Crippen molar-refractivity contribution in [3.8, 4) is 11.6 Å². The third-order valence-corrected chi connectivity index (χ3v) is 4.10. The Labute approximate surface area is 180 Å². The van der Waals surface area contributed by atoms with Crippen LogP contribution in [0.5, 0.6) is 5.88 Å². The van der Waals surface area contributed by atoms with Gasteiger partial charge in [-0.1, -0.05) is 0 Å². The quantitative estimate of drug-likeness (QED) is 0.185. The molecule has 0 amide bonds. The normalized spacial score (nSPS) is 11.0. The van der Waals surface area contributed by atoms with Gasteiger partial charge in [0.25, 0.3) is 0 Å². The van der Waals surface area contributed by atoms with E-state index in [0.29, 0.717) is 0 Å². The number of carbonyl (C=O) groups is 1. The van der Waals surface area contributed by atoms with Crippen LogP contribution >= 0.6 is 0 Å².